The van der Waals surface area contributed by atoms with E-state index < -0.39 is 29.5 Å². The van der Waals surface area contributed by atoms with Crippen molar-refractivity contribution in [1.29, 1.82) is 0 Å². The fourth-order valence-electron chi connectivity index (χ4n) is 6.01. The van der Waals surface area contributed by atoms with Crippen molar-refractivity contribution in [3.63, 3.8) is 0 Å². The quantitative estimate of drug-likeness (QED) is 0.693. The fourth-order valence-corrected chi connectivity index (χ4v) is 6.01. The first-order valence-corrected chi connectivity index (χ1v) is 9.27. The Hall–Kier alpha value is -2.38. The molecule has 3 fully saturated rings. The molecule has 5 aliphatic rings. The van der Waals surface area contributed by atoms with Crippen LogP contribution in [0.2, 0.25) is 0 Å². The van der Waals surface area contributed by atoms with Crippen molar-refractivity contribution < 1.29 is 28.9 Å². The summed E-state index contributed by atoms with van der Waals surface area (Å²) >= 11 is 0. The highest BCUT2D eigenvalue weighted by molar-refractivity contribution is 6.04. The molecular weight excluding hydrogens is 350 g/mol. The molecule has 140 valence electrons. The molecule has 27 heavy (non-hydrogen) atoms. The molecule has 0 aromatic heterocycles. The summed E-state index contributed by atoms with van der Waals surface area (Å²) in [4.78, 5) is 27.0. The Balaban J connectivity index is 1.57. The van der Waals surface area contributed by atoms with E-state index in [0.717, 1.165) is 17.7 Å². The molecule has 0 radical (unpaired) electrons. The van der Waals surface area contributed by atoms with Crippen LogP contribution in [0.3, 0.4) is 0 Å². The molecule has 1 spiro atoms. The second-order valence-electron chi connectivity index (χ2n) is 7.94. The van der Waals surface area contributed by atoms with Crippen molar-refractivity contribution in [2.45, 2.75) is 30.3 Å². The number of nitrogens with zero attached hydrogens (tertiary/aromatic N) is 1. The number of carboxylic acid groups (broad SMARTS) is 1. The second-order valence-corrected chi connectivity index (χ2v) is 7.94. The highest BCUT2D eigenvalue weighted by atomic mass is 16.5. The number of methoxy groups -OCH3 is 1. The molecule has 6 rings (SSSR count). The minimum absolute atomic E-state index is 0.0439. The van der Waals surface area contributed by atoms with Crippen LogP contribution in [0.25, 0.3) is 0 Å². The predicted molar refractivity (Wildman–Crippen MR) is 89.8 cm³/mol. The van der Waals surface area contributed by atoms with Crippen LogP contribution < -0.4 is 14.7 Å². The van der Waals surface area contributed by atoms with Crippen molar-refractivity contribution in [3.05, 3.63) is 35.9 Å². The Morgan fingerprint density at radius 1 is 1.41 bits per heavy atom. The summed E-state index contributed by atoms with van der Waals surface area (Å²) in [5.41, 5.74) is 0.761. The van der Waals surface area contributed by atoms with Gasteiger partial charge in [0.15, 0.2) is 0 Å². The first kappa shape index (κ1) is 15.7. The molecule has 1 aromatic rings. The molecule has 5 heterocycles. The van der Waals surface area contributed by atoms with Gasteiger partial charge in [0.25, 0.3) is 0 Å². The number of hydrogen-bond donors (Lipinski definition) is 0. The smallest absolute Gasteiger partial charge is 0.234 e. The van der Waals surface area contributed by atoms with Crippen molar-refractivity contribution in [1.82, 2.24) is 0 Å². The topological polar surface area (TPSA) is 88.1 Å². The lowest BCUT2D eigenvalue weighted by molar-refractivity contribution is -0.313. The van der Waals surface area contributed by atoms with Crippen molar-refractivity contribution in [2.75, 3.05) is 18.6 Å². The molecule has 2 bridgehead atoms. The van der Waals surface area contributed by atoms with Crippen LogP contribution in [-0.2, 0) is 19.1 Å². The van der Waals surface area contributed by atoms with Crippen molar-refractivity contribution in [3.8, 4) is 5.75 Å². The van der Waals surface area contributed by atoms with E-state index in [9.17, 15) is 14.7 Å². The normalized spacial score (nSPS) is 42.7. The zero-order valence-electron chi connectivity index (χ0n) is 14.7. The molecule has 1 amide bonds. The molecule has 3 saturated heterocycles. The Bertz CT molecular complexity index is 912. The number of hydrogen-bond acceptors (Lipinski definition) is 6. The molecular formula is C20H18NO6-. The van der Waals surface area contributed by atoms with Gasteiger partial charge in [-0.2, -0.15) is 0 Å². The summed E-state index contributed by atoms with van der Waals surface area (Å²) < 4.78 is 17.6. The molecule has 0 aliphatic carbocycles. The Morgan fingerprint density at radius 2 is 2.26 bits per heavy atom. The maximum absolute atomic E-state index is 13.5. The summed E-state index contributed by atoms with van der Waals surface area (Å²) in [6, 6.07) is 5.32. The Morgan fingerprint density at radius 3 is 3.04 bits per heavy atom. The van der Waals surface area contributed by atoms with Gasteiger partial charge in [0.2, 0.25) is 5.91 Å². The van der Waals surface area contributed by atoms with Crippen LogP contribution in [0.5, 0.6) is 5.75 Å². The number of aliphatic carboxylic acids is 1. The van der Waals surface area contributed by atoms with Gasteiger partial charge < -0.3 is 29.0 Å². The number of fused-ring (bicyclic) bond motifs is 7. The highest BCUT2D eigenvalue weighted by Gasteiger charge is 2.73. The summed E-state index contributed by atoms with van der Waals surface area (Å²) in [5, 5.41) is 11.8. The monoisotopic (exact) mass is 368 g/mol. The minimum atomic E-state index is -1.22. The number of carboxylic acids is 1. The summed E-state index contributed by atoms with van der Waals surface area (Å²) in [6.07, 6.45) is 3.73. The zero-order chi connectivity index (χ0) is 18.5. The Kier molecular flexibility index (Phi) is 2.85. The first-order chi connectivity index (χ1) is 13.1. The first-order valence-electron chi connectivity index (χ1n) is 9.27. The van der Waals surface area contributed by atoms with Gasteiger partial charge in [-0.25, -0.2) is 0 Å². The molecule has 0 saturated carbocycles. The van der Waals surface area contributed by atoms with E-state index in [2.05, 4.69) is 0 Å². The van der Waals surface area contributed by atoms with Crippen LogP contribution in [0.4, 0.5) is 5.69 Å². The van der Waals surface area contributed by atoms with Gasteiger partial charge in [-0.15, -0.1) is 0 Å². The third-order valence-corrected chi connectivity index (χ3v) is 6.95. The van der Waals surface area contributed by atoms with Gasteiger partial charge in [0, 0.05) is 30.0 Å². The van der Waals surface area contributed by atoms with Crippen molar-refractivity contribution in [2.24, 2.45) is 17.8 Å². The van der Waals surface area contributed by atoms with Crippen LogP contribution in [0.15, 0.2) is 30.4 Å². The maximum Gasteiger partial charge on any atom is 0.234 e. The molecule has 7 atom stereocenters. The lowest BCUT2D eigenvalue weighted by Crippen LogP contribution is -2.53. The average molecular weight is 368 g/mol. The van der Waals surface area contributed by atoms with Gasteiger partial charge in [0.1, 0.15) is 11.4 Å². The third kappa shape index (κ3) is 1.66. The van der Waals surface area contributed by atoms with Crippen molar-refractivity contribution >= 4 is 17.6 Å². The zero-order valence-corrected chi connectivity index (χ0v) is 14.7. The molecule has 7 nitrogen and oxygen atoms in total. The largest absolute Gasteiger partial charge is 0.550 e. The van der Waals surface area contributed by atoms with E-state index in [1.807, 2.05) is 24.3 Å². The number of ether oxygens (including phenoxy) is 3. The second kappa shape index (κ2) is 4.91. The molecule has 0 N–H and O–H groups in total. The standard InChI is InChI=1S/C20H19NO6/c1-25-9-2-3-12-11(8-9)16-10(5-7-26-16)17-20-6-4-13(27-20)14(19(23)24)15(20)18(22)21(12)17/h2-4,6,8,10,13-17H,5,7H2,1H3,(H,23,24)/p-1/t10-,13+,14-,15+,16-,17-,20-/m0/s1. The van der Waals surface area contributed by atoms with Gasteiger partial charge >= 0.3 is 0 Å². The number of rotatable bonds is 2. The molecule has 0 unspecified atom stereocenters. The van der Waals surface area contributed by atoms with Crippen LogP contribution in [-0.4, -0.2) is 43.3 Å². The number of carbonyl (C=O) groups is 2. The number of anilines is 1. The predicted octanol–water partition coefficient (Wildman–Crippen LogP) is 0.191. The summed E-state index contributed by atoms with van der Waals surface area (Å²) in [5.74, 6) is -2.37. The van der Waals surface area contributed by atoms with Crippen LogP contribution in [0.1, 0.15) is 18.1 Å². The van der Waals surface area contributed by atoms with Crippen LogP contribution >= 0.6 is 0 Å². The average Bonchev–Trinajstić information content (AvgIpc) is 3.41. The highest BCUT2D eigenvalue weighted by Crippen LogP contribution is 2.62. The number of amides is 1. The third-order valence-electron chi connectivity index (χ3n) is 6.95. The summed E-state index contributed by atoms with van der Waals surface area (Å²) in [7, 11) is 1.60. The number of carbonyl (C=O) groups excluding carboxylic acids is 2. The Labute approximate surface area is 155 Å². The van der Waals surface area contributed by atoms with E-state index in [1.165, 1.54) is 0 Å². The summed E-state index contributed by atoms with van der Waals surface area (Å²) in [6.45, 7) is 0.600. The SMILES string of the molecule is COc1ccc2c(c1)[C@H]1OCC[C@@H]1[C@@H]1N2C(=O)[C@H]2[C@@H](C(=O)[O-])[C@H]3C=C[C@@]12O3. The van der Waals surface area contributed by atoms with E-state index in [0.29, 0.717) is 12.4 Å². The van der Waals surface area contributed by atoms with E-state index in [-0.39, 0.29) is 24.0 Å². The van der Waals surface area contributed by atoms with E-state index in [1.54, 1.807) is 18.1 Å². The van der Waals surface area contributed by atoms with Gasteiger partial charge in [-0.3, -0.25) is 4.79 Å². The van der Waals surface area contributed by atoms with Gasteiger partial charge in [0.05, 0.1) is 37.0 Å². The molecule has 5 aliphatic heterocycles. The molecule has 7 heteroatoms. The van der Waals surface area contributed by atoms with Gasteiger partial charge in [-0.05, 0) is 24.6 Å². The van der Waals surface area contributed by atoms with Gasteiger partial charge in [-0.1, -0.05) is 12.2 Å². The lowest BCUT2D eigenvalue weighted by atomic mass is 9.70. The fraction of sp³-hybridized carbons (Fsp3) is 0.500. The molecule has 1 aromatic carbocycles. The van der Waals surface area contributed by atoms with Crippen LogP contribution in [0, 0.1) is 17.8 Å². The maximum atomic E-state index is 13.5. The number of benzene rings is 1. The van der Waals surface area contributed by atoms with E-state index >= 15 is 0 Å². The minimum Gasteiger partial charge on any atom is -0.550 e. The van der Waals surface area contributed by atoms with E-state index in [4.69, 9.17) is 14.2 Å². The lowest BCUT2D eigenvalue weighted by Gasteiger charge is -2.44.